The summed E-state index contributed by atoms with van der Waals surface area (Å²) in [5.41, 5.74) is 0. The van der Waals surface area contributed by atoms with Gasteiger partial charge in [-0.25, -0.2) is 5.01 Å². The van der Waals surface area contributed by atoms with Crippen LogP contribution in [0.3, 0.4) is 0 Å². The third-order valence-electron chi connectivity index (χ3n) is 1.47. The number of nitrogens with two attached hydrogens (primary N) is 1. The Hall–Kier alpha value is -0.560. The standard InChI is InChI=1S/C7H12N2O/c1-3-7-5-9(8)4-6(2)10-7/h1,6-7H,4-5,8H2,2H3/t6-,7-/m1/s1. The molecule has 0 bridgehead atoms. The van der Waals surface area contributed by atoms with E-state index in [1.807, 2.05) is 6.92 Å². The summed E-state index contributed by atoms with van der Waals surface area (Å²) in [6.45, 7) is 3.36. The normalized spacial score (nSPS) is 35.3. The lowest BCUT2D eigenvalue weighted by Crippen LogP contribution is -2.49. The Morgan fingerprint density at radius 1 is 1.70 bits per heavy atom. The van der Waals surface area contributed by atoms with Crippen LogP contribution in [0.25, 0.3) is 0 Å². The maximum atomic E-state index is 5.55. The second kappa shape index (κ2) is 3.02. The number of terminal acetylenes is 1. The van der Waals surface area contributed by atoms with Crippen molar-refractivity contribution in [2.75, 3.05) is 13.1 Å². The van der Waals surface area contributed by atoms with Crippen LogP contribution in [0.15, 0.2) is 0 Å². The Morgan fingerprint density at radius 3 is 2.90 bits per heavy atom. The second-order valence-corrected chi connectivity index (χ2v) is 2.56. The molecule has 0 aromatic carbocycles. The van der Waals surface area contributed by atoms with E-state index in [0.29, 0.717) is 6.54 Å². The molecule has 0 aromatic rings. The highest BCUT2D eigenvalue weighted by atomic mass is 16.5. The quantitative estimate of drug-likeness (QED) is 0.367. The lowest BCUT2D eigenvalue weighted by atomic mass is 10.2. The van der Waals surface area contributed by atoms with Gasteiger partial charge in [0.1, 0.15) is 6.10 Å². The molecule has 2 N–H and O–H groups in total. The maximum Gasteiger partial charge on any atom is 0.132 e. The molecular weight excluding hydrogens is 128 g/mol. The molecule has 1 rings (SSSR count). The van der Waals surface area contributed by atoms with Gasteiger partial charge in [-0.1, -0.05) is 5.92 Å². The first-order valence-corrected chi connectivity index (χ1v) is 3.33. The van der Waals surface area contributed by atoms with E-state index >= 15 is 0 Å². The molecule has 56 valence electrons. The van der Waals surface area contributed by atoms with Crippen LogP contribution in [0, 0.1) is 12.3 Å². The summed E-state index contributed by atoms with van der Waals surface area (Å²) in [4.78, 5) is 0. The smallest absolute Gasteiger partial charge is 0.132 e. The van der Waals surface area contributed by atoms with Crippen molar-refractivity contribution in [2.45, 2.75) is 19.1 Å². The second-order valence-electron chi connectivity index (χ2n) is 2.56. The third kappa shape index (κ3) is 1.71. The van der Waals surface area contributed by atoms with Gasteiger partial charge in [-0.05, 0) is 6.92 Å². The Balaban J connectivity index is 2.44. The lowest BCUT2D eigenvalue weighted by molar-refractivity contribution is -0.0510. The van der Waals surface area contributed by atoms with Crippen LogP contribution in [0.2, 0.25) is 0 Å². The van der Waals surface area contributed by atoms with Crippen molar-refractivity contribution in [1.29, 1.82) is 0 Å². The summed E-state index contributed by atoms with van der Waals surface area (Å²) >= 11 is 0. The zero-order valence-corrected chi connectivity index (χ0v) is 6.08. The number of hydrogen-bond acceptors (Lipinski definition) is 3. The molecule has 1 fully saturated rings. The van der Waals surface area contributed by atoms with E-state index in [1.165, 1.54) is 0 Å². The van der Waals surface area contributed by atoms with Gasteiger partial charge in [0.05, 0.1) is 12.6 Å². The molecule has 1 heterocycles. The maximum absolute atomic E-state index is 5.55. The topological polar surface area (TPSA) is 38.5 Å². The molecule has 3 nitrogen and oxygen atoms in total. The fraction of sp³-hybridized carbons (Fsp3) is 0.714. The average molecular weight is 140 g/mol. The van der Waals surface area contributed by atoms with Crippen LogP contribution in [0.4, 0.5) is 0 Å². The van der Waals surface area contributed by atoms with Crippen LogP contribution >= 0.6 is 0 Å². The third-order valence-corrected chi connectivity index (χ3v) is 1.47. The highest BCUT2D eigenvalue weighted by Crippen LogP contribution is 2.06. The molecule has 1 saturated heterocycles. The largest absolute Gasteiger partial charge is 0.360 e. The summed E-state index contributed by atoms with van der Waals surface area (Å²) < 4.78 is 5.35. The molecule has 2 atom stereocenters. The highest BCUT2D eigenvalue weighted by molar-refractivity contribution is 4.97. The number of ether oxygens (including phenoxy) is 1. The fourth-order valence-corrected chi connectivity index (χ4v) is 1.08. The molecule has 0 saturated carbocycles. The first kappa shape index (κ1) is 7.55. The zero-order chi connectivity index (χ0) is 7.56. The molecule has 0 aromatic heterocycles. The van der Waals surface area contributed by atoms with Gasteiger partial charge in [0.25, 0.3) is 0 Å². The van der Waals surface area contributed by atoms with Gasteiger partial charge in [-0.15, -0.1) is 6.42 Å². The SMILES string of the molecule is C#C[C@@H]1CN(N)C[C@@H](C)O1. The first-order chi connectivity index (χ1) is 4.72. The van der Waals surface area contributed by atoms with Gasteiger partial charge in [0.15, 0.2) is 0 Å². The van der Waals surface area contributed by atoms with Crippen molar-refractivity contribution in [1.82, 2.24) is 5.01 Å². The molecular formula is C7H12N2O. The van der Waals surface area contributed by atoms with Crippen LogP contribution in [0.5, 0.6) is 0 Å². The minimum absolute atomic E-state index is 0.131. The van der Waals surface area contributed by atoms with E-state index in [4.69, 9.17) is 17.0 Å². The molecule has 3 heteroatoms. The molecule has 0 spiro atoms. The van der Waals surface area contributed by atoms with E-state index in [2.05, 4.69) is 5.92 Å². The Kier molecular flexibility index (Phi) is 2.28. The zero-order valence-electron chi connectivity index (χ0n) is 6.08. The van der Waals surface area contributed by atoms with Gasteiger partial charge in [-0.3, -0.25) is 5.84 Å². The van der Waals surface area contributed by atoms with Crippen LogP contribution < -0.4 is 5.84 Å². The van der Waals surface area contributed by atoms with Crippen molar-refractivity contribution < 1.29 is 4.74 Å². The van der Waals surface area contributed by atoms with E-state index in [-0.39, 0.29) is 12.2 Å². The number of nitrogens with zero attached hydrogens (tertiary/aromatic N) is 1. The van der Waals surface area contributed by atoms with Crippen LogP contribution in [-0.2, 0) is 4.74 Å². The van der Waals surface area contributed by atoms with Crippen LogP contribution in [-0.4, -0.2) is 30.3 Å². The number of hydrazine groups is 1. The molecule has 0 amide bonds. The summed E-state index contributed by atoms with van der Waals surface area (Å²) in [6.07, 6.45) is 5.19. The minimum atomic E-state index is -0.131. The first-order valence-electron chi connectivity index (χ1n) is 3.33. The van der Waals surface area contributed by atoms with Crippen molar-refractivity contribution in [3.05, 3.63) is 0 Å². The number of hydrogen-bond donors (Lipinski definition) is 1. The van der Waals surface area contributed by atoms with Crippen molar-refractivity contribution in [3.63, 3.8) is 0 Å². The Morgan fingerprint density at radius 2 is 2.40 bits per heavy atom. The van der Waals surface area contributed by atoms with Gasteiger partial charge in [0, 0.05) is 6.54 Å². The monoisotopic (exact) mass is 140 g/mol. The molecule has 10 heavy (non-hydrogen) atoms. The number of rotatable bonds is 0. The van der Waals surface area contributed by atoms with Crippen LogP contribution in [0.1, 0.15) is 6.92 Å². The van der Waals surface area contributed by atoms with Gasteiger partial charge in [0.2, 0.25) is 0 Å². The fourth-order valence-electron chi connectivity index (χ4n) is 1.08. The van der Waals surface area contributed by atoms with Crippen molar-refractivity contribution in [3.8, 4) is 12.3 Å². The lowest BCUT2D eigenvalue weighted by Gasteiger charge is -2.31. The van der Waals surface area contributed by atoms with Gasteiger partial charge < -0.3 is 4.74 Å². The van der Waals surface area contributed by atoms with Crippen molar-refractivity contribution >= 4 is 0 Å². The number of morpholine rings is 1. The molecule has 1 aliphatic rings. The predicted octanol–water partition coefficient (Wildman–Crippen LogP) is -0.417. The molecule has 0 unspecified atom stereocenters. The Bertz CT molecular complexity index is 142. The van der Waals surface area contributed by atoms with Gasteiger partial charge >= 0.3 is 0 Å². The summed E-state index contributed by atoms with van der Waals surface area (Å²) in [5.74, 6) is 8.07. The summed E-state index contributed by atoms with van der Waals surface area (Å²) in [7, 11) is 0. The summed E-state index contributed by atoms with van der Waals surface area (Å²) in [6, 6.07) is 0. The van der Waals surface area contributed by atoms with E-state index in [0.717, 1.165) is 6.54 Å². The van der Waals surface area contributed by atoms with E-state index in [9.17, 15) is 0 Å². The van der Waals surface area contributed by atoms with Crippen molar-refractivity contribution in [2.24, 2.45) is 5.84 Å². The summed E-state index contributed by atoms with van der Waals surface area (Å²) in [5, 5.41) is 1.69. The molecule has 0 aliphatic carbocycles. The highest BCUT2D eigenvalue weighted by Gasteiger charge is 2.20. The van der Waals surface area contributed by atoms with E-state index in [1.54, 1.807) is 5.01 Å². The van der Waals surface area contributed by atoms with Gasteiger partial charge in [-0.2, -0.15) is 0 Å². The van der Waals surface area contributed by atoms with E-state index < -0.39 is 0 Å². The minimum Gasteiger partial charge on any atom is -0.360 e. The molecule has 0 radical (unpaired) electrons. The predicted molar refractivity (Wildman–Crippen MR) is 38.9 cm³/mol. The average Bonchev–Trinajstić information content (AvgIpc) is 1.85. The Labute approximate surface area is 61.1 Å². The molecule has 1 aliphatic heterocycles.